The van der Waals surface area contributed by atoms with Crippen LogP contribution in [0.15, 0.2) is 12.1 Å². The second-order valence-electron chi connectivity index (χ2n) is 7.20. The minimum absolute atomic E-state index is 0.542. The predicted octanol–water partition coefficient (Wildman–Crippen LogP) is 5.44. The molecule has 0 aromatic carbocycles. The zero-order chi connectivity index (χ0) is 15.3. The maximum Gasteiger partial charge on any atom is 0.0172 e. The van der Waals surface area contributed by atoms with Crippen LogP contribution >= 0.6 is 11.3 Å². The number of hydrogen-bond acceptors (Lipinski definition) is 2. The maximum absolute atomic E-state index is 3.85. The molecular weight excluding hydrogens is 274 g/mol. The first-order valence-electron chi connectivity index (χ1n) is 8.90. The van der Waals surface area contributed by atoms with E-state index in [9.17, 15) is 0 Å². The second kappa shape index (κ2) is 7.78. The average Bonchev–Trinajstić information content (AvgIpc) is 3.07. The Bertz CT molecular complexity index is 415. The molecule has 0 spiro atoms. The Kier molecular flexibility index (Phi) is 6.31. The summed E-state index contributed by atoms with van der Waals surface area (Å²) in [6.45, 7) is 10.4. The van der Waals surface area contributed by atoms with Crippen molar-refractivity contribution >= 4 is 11.3 Å². The van der Waals surface area contributed by atoms with Crippen LogP contribution < -0.4 is 5.32 Å². The molecule has 1 fully saturated rings. The van der Waals surface area contributed by atoms with E-state index in [0.717, 1.165) is 12.5 Å². The van der Waals surface area contributed by atoms with Gasteiger partial charge in [0.15, 0.2) is 0 Å². The number of hydrogen-bond donors (Lipinski definition) is 1. The highest BCUT2D eigenvalue weighted by molar-refractivity contribution is 7.11. The largest absolute Gasteiger partial charge is 0.313 e. The Hall–Kier alpha value is -0.340. The van der Waals surface area contributed by atoms with Crippen molar-refractivity contribution in [1.29, 1.82) is 0 Å². The van der Waals surface area contributed by atoms with Gasteiger partial charge in [0.2, 0.25) is 0 Å². The molecule has 0 radical (unpaired) electrons. The monoisotopic (exact) mass is 307 g/mol. The molecule has 1 aliphatic rings. The average molecular weight is 308 g/mol. The predicted molar refractivity (Wildman–Crippen MR) is 95.2 cm³/mol. The fraction of sp³-hybridized carbons (Fsp3) is 0.789. The molecule has 0 amide bonds. The van der Waals surface area contributed by atoms with Gasteiger partial charge in [-0.25, -0.2) is 0 Å². The van der Waals surface area contributed by atoms with E-state index >= 15 is 0 Å². The molecule has 120 valence electrons. The maximum atomic E-state index is 3.85. The molecule has 1 aromatic rings. The van der Waals surface area contributed by atoms with E-state index in [-0.39, 0.29) is 0 Å². The number of nitrogens with one attached hydrogen (secondary N) is 1. The summed E-state index contributed by atoms with van der Waals surface area (Å²) < 4.78 is 0. The van der Waals surface area contributed by atoms with Gasteiger partial charge < -0.3 is 5.32 Å². The number of likely N-dealkylation sites (N-methyl/N-ethyl adjacent to an activating group) is 1. The molecule has 1 heterocycles. The van der Waals surface area contributed by atoms with Crippen LogP contribution in [0.3, 0.4) is 0 Å². The van der Waals surface area contributed by atoms with Crippen LogP contribution in [0.25, 0.3) is 0 Å². The first-order chi connectivity index (χ1) is 10.1. The van der Waals surface area contributed by atoms with E-state index in [1.54, 1.807) is 4.88 Å². The van der Waals surface area contributed by atoms with E-state index in [0.29, 0.717) is 11.5 Å². The third-order valence-corrected chi connectivity index (χ3v) is 6.33. The summed E-state index contributed by atoms with van der Waals surface area (Å²) in [5.74, 6) is 0.804. The fourth-order valence-corrected chi connectivity index (χ4v) is 5.27. The topological polar surface area (TPSA) is 12.0 Å². The SMILES string of the molecule is CCNC(Cc1ccc(CC)s1)C1(CC(C)C)CCCC1. The van der Waals surface area contributed by atoms with Gasteiger partial charge in [-0.3, -0.25) is 0 Å². The van der Waals surface area contributed by atoms with Crippen LogP contribution in [-0.2, 0) is 12.8 Å². The first-order valence-corrected chi connectivity index (χ1v) is 9.72. The van der Waals surface area contributed by atoms with Crippen molar-refractivity contribution in [2.45, 2.75) is 78.7 Å². The first kappa shape index (κ1) is 17.0. The van der Waals surface area contributed by atoms with Crippen molar-refractivity contribution in [1.82, 2.24) is 5.32 Å². The van der Waals surface area contributed by atoms with Crippen molar-refractivity contribution in [3.8, 4) is 0 Å². The van der Waals surface area contributed by atoms with Gasteiger partial charge in [0.1, 0.15) is 0 Å². The molecule has 1 nitrogen and oxygen atoms in total. The van der Waals surface area contributed by atoms with Crippen molar-refractivity contribution in [3.05, 3.63) is 21.9 Å². The van der Waals surface area contributed by atoms with Gasteiger partial charge in [0.05, 0.1) is 0 Å². The lowest BCUT2D eigenvalue weighted by molar-refractivity contribution is 0.156. The van der Waals surface area contributed by atoms with E-state index in [2.05, 4.69) is 45.1 Å². The molecule has 1 aliphatic carbocycles. The van der Waals surface area contributed by atoms with Crippen molar-refractivity contribution < 1.29 is 0 Å². The number of aryl methyl sites for hydroxylation is 1. The Morgan fingerprint density at radius 3 is 2.33 bits per heavy atom. The van der Waals surface area contributed by atoms with Gasteiger partial charge in [0, 0.05) is 15.8 Å². The lowest BCUT2D eigenvalue weighted by Crippen LogP contribution is -2.46. The van der Waals surface area contributed by atoms with Crippen LogP contribution in [0, 0.1) is 11.3 Å². The standard InChI is InChI=1S/C19H33NS/c1-5-16-9-10-17(21-16)13-18(20-6-2)19(14-15(3)4)11-7-8-12-19/h9-10,15,18,20H,5-8,11-14H2,1-4H3. The quantitative estimate of drug-likeness (QED) is 0.674. The van der Waals surface area contributed by atoms with E-state index in [1.165, 1.54) is 49.8 Å². The summed E-state index contributed by atoms with van der Waals surface area (Å²) in [5.41, 5.74) is 0.542. The summed E-state index contributed by atoms with van der Waals surface area (Å²) in [6, 6.07) is 5.36. The minimum atomic E-state index is 0.542. The van der Waals surface area contributed by atoms with Crippen molar-refractivity contribution in [3.63, 3.8) is 0 Å². The third-order valence-electron chi connectivity index (χ3n) is 5.07. The van der Waals surface area contributed by atoms with Gasteiger partial charge >= 0.3 is 0 Å². The summed E-state index contributed by atoms with van der Waals surface area (Å²) in [6.07, 6.45) is 9.50. The molecule has 21 heavy (non-hydrogen) atoms. The number of rotatable bonds is 8. The molecule has 0 bridgehead atoms. The molecule has 2 heteroatoms. The molecule has 1 N–H and O–H groups in total. The Morgan fingerprint density at radius 2 is 1.81 bits per heavy atom. The van der Waals surface area contributed by atoms with Gasteiger partial charge in [-0.1, -0.05) is 40.5 Å². The van der Waals surface area contributed by atoms with Crippen molar-refractivity contribution in [2.24, 2.45) is 11.3 Å². The van der Waals surface area contributed by atoms with Gasteiger partial charge in [-0.05, 0) is 62.1 Å². The van der Waals surface area contributed by atoms with E-state index in [4.69, 9.17) is 0 Å². The van der Waals surface area contributed by atoms with Gasteiger partial charge in [-0.2, -0.15) is 0 Å². The Morgan fingerprint density at radius 1 is 1.14 bits per heavy atom. The van der Waals surface area contributed by atoms with Crippen LogP contribution in [0.2, 0.25) is 0 Å². The summed E-state index contributed by atoms with van der Waals surface area (Å²) in [5, 5.41) is 3.85. The summed E-state index contributed by atoms with van der Waals surface area (Å²) in [4.78, 5) is 3.11. The normalized spacial score (nSPS) is 19.3. The van der Waals surface area contributed by atoms with E-state index in [1.807, 2.05) is 11.3 Å². The van der Waals surface area contributed by atoms with Crippen LogP contribution in [0.5, 0.6) is 0 Å². The van der Waals surface area contributed by atoms with Crippen LogP contribution in [-0.4, -0.2) is 12.6 Å². The van der Waals surface area contributed by atoms with Gasteiger partial charge in [0.25, 0.3) is 0 Å². The highest BCUT2D eigenvalue weighted by Crippen LogP contribution is 2.47. The molecule has 1 saturated carbocycles. The highest BCUT2D eigenvalue weighted by atomic mass is 32.1. The summed E-state index contributed by atoms with van der Waals surface area (Å²) >= 11 is 2.02. The molecule has 0 aliphatic heterocycles. The zero-order valence-corrected chi connectivity index (χ0v) is 15.2. The molecular formula is C19H33NS. The smallest absolute Gasteiger partial charge is 0.0172 e. The minimum Gasteiger partial charge on any atom is -0.313 e. The lowest BCUT2D eigenvalue weighted by atomic mass is 9.71. The van der Waals surface area contributed by atoms with Gasteiger partial charge in [-0.15, -0.1) is 11.3 Å². The fourth-order valence-electron chi connectivity index (χ4n) is 4.26. The zero-order valence-electron chi connectivity index (χ0n) is 14.4. The Balaban J connectivity index is 2.14. The van der Waals surface area contributed by atoms with Crippen molar-refractivity contribution in [2.75, 3.05) is 6.54 Å². The second-order valence-corrected chi connectivity index (χ2v) is 8.46. The van der Waals surface area contributed by atoms with Crippen LogP contribution in [0.1, 0.15) is 69.6 Å². The van der Waals surface area contributed by atoms with Crippen LogP contribution in [0.4, 0.5) is 0 Å². The number of thiophene rings is 1. The molecule has 1 unspecified atom stereocenters. The third kappa shape index (κ3) is 4.32. The molecule has 0 saturated heterocycles. The molecule has 2 rings (SSSR count). The molecule has 1 atom stereocenters. The van der Waals surface area contributed by atoms with E-state index < -0.39 is 0 Å². The highest BCUT2D eigenvalue weighted by Gasteiger charge is 2.41. The molecule has 1 aromatic heterocycles. The summed E-state index contributed by atoms with van der Waals surface area (Å²) in [7, 11) is 0. The lowest BCUT2D eigenvalue weighted by Gasteiger charge is -2.39. The Labute approximate surface area is 135 Å².